The highest BCUT2D eigenvalue weighted by molar-refractivity contribution is 5.75. The van der Waals surface area contributed by atoms with Gasteiger partial charge < -0.3 is 16.1 Å². The van der Waals surface area contributed by atoms with Crippen molar-refractivity contribution in [3.05, 3.63) is 52.1 Å². The van der Waals surface area contributed by atoms with Gasteiger partial charge in [-0.25, -0.2) is 0 Å². The zero-order valence-corrected chi connectivity index (χ0v) is 18.8. The molecule has 5 rings (SSSR count). The molecule has 9 heteroatoms. The molecule has 6 nitrogen and oxygen atoms in total. The molecule has 1 saturated carbocycles. The minimum absolute atomic E-state index is 0.0558. The quantitative estimate of drug-likeness (QED) is 0.445. The number of aromatic nitrogens is 2. The largest absolute Gasteiger partial charge is 0.435 e. The number of H-pyrrole nitrogens is 1. The summed E-state index contributed by atoms with van der Waals surface area (Å²) in [7, 11) is 0. The second-order valence-electron chi connectivity index (χ2n) is 9.37. The van der Waals surface area contributed by atoms with Gasteiger partial charge in [0.25, 0.3) is 0 Å². The number of dihydropyridines is 1. The molecule has 0 bridgehead atoms. The summed E-state index contributed by atoms with van der Waals surface area (Å²) >= 11 is 0. The van der Waals surface area contributed by atoms with E-state index in [9.17, 15) is 13.2 Å². The molecule has 0 aromatic carbocycles. The highest BCUT2D eigenvalue weighted by Gasteiger charge is 2.43. The summed E-state index contributed by atoms with van der Waals surface area (Å²) < 4.78 is 41.0. The van der Waals surface area contributed by atoms with E-state index in [4.69, 9.17) is 0 Å². The van der Waals surface area contributed by atoms with Crippen molar-refractivity contribution in [3.8, 4) is 0 Å². The van der Waals surface area contributed by atoms with E-state index in [0.29, 0.717) is 5.92 Å². The number of alkyl halides is 3. The molecule has 3 heterocycles. The molecule has 3 atom stereocenters. The molecule has 2 aliphatic carbocycles. The van der Waals surface area contributed by atoms with Gasteiger partial charge in [-0.05, 0) is 42.4 Å². The number of rotatable bonds is 7. The maximum Gasteiger partial charge on any atom is 0.435 e. The number of hydrazone groups is 1. The Morgan fingerprint density at radius 3 is 2.73 bits per heavy atom. The molecule has 1 fully saturated rings. The first-order valence-electron chi connectivity index (χ1n) is 12.1. The predicted molar refractivity (Wildman–Crippen MR) is 121 cm³/mol. The first kappa shape index (κ1) is 22.1. The Labute approximate surface area is 191 Å². The van der Waals surface area contributed by atoms with Crippen molar-refractivity contribution in [2.45, 2.75) is 70.1 Å². The lowest BCUT2D eigenvalue weighted by Crippen LogP contribution is -2.41. The van der Waals surface area contributed by atoms with E-state index < -0.39 is 17.9 Å². The standard InChI is InChI=1S/C24H31F3N6/c1-2-3-6-9-28-20-11-19-16(12-29-32-19)21-15(14-7-4-5-8-14)10-18(31-22(20)21)17-13-30-33-23(17)24(25,26)27/h10-14,16,18-19,28,31-32H,2-9H2,1H3,(H,30,33). The molecule has 1 aromatic heterocycles. The van der Waals surface area contributed by atoms with E-state index >= 15 is 0 Å². The second kappa shape index (κ2) is 8.91. The average molecular weight is 461 g/mol. The number of nitrogens with one attached hydrogen (secondary N) is 4. The molecule has 0 amide bonds. The van der Waals surface area contributed by atoms with Crippen LogP contribution in [0, 0.1) is 11.8 Å². The van der Waals surface area contributed by atoms with Gasteiger partial charge in [0.2, 0.25) is 0 Å². The summed E-state index contributed by atoms with van der Waals surface area (Å²) in [4.78, 5) is 0. The normalized spacial score (nSPS) is 27.0. The van der Waals surface area contributed by atoms with Gasteiger partial charge in [-0.3, -0.25) is 5.10 Å². The van der Waals surface area contributed by atoms with Crippen LogP contribution in [0.4, 0.5) is 13.2 Å². The SMILES string of the molecule is CCCCCNC1=CC2NN=CC2C2=C1NC(c1c[nH]nc1C(F)(F)F)C=C2C1CCCC1. The van der Waals surface area contributed by atoms with Crippen molar-refractivity contribution in [1.82, 2.24) is 26.3 Å². The van der Waals surface area contributed by atoms with Gasteiger partial charge in [0.05, 0.1) is 23.5 Å². The number of halogens is 3. The summed E-state index contributed by atoms with van der Waals surface area (Å²) in [6.07, 6.45) is 10.7. The Bertz CT molecular complexity index is 996. The minimum atomic E-state index is -4.51. The predicted octanol–water partition coefficient (Wildman–Crippen LogP) is 4.69. The van der Waals surface area contributed by atoms with Crippen molar-refractivity contribution < 1.29 is 13.2 Å². The smallest absolute Gasteiger partial charge is 0.384 e. The molecule has 4 N–H and O–H groups in total. The number of fused-ring (bicyclic) bond motifs is 2. The van der Waals surface area contributed by atoms with Crippen LogP contribution in [-0.2, 0) is 6.18 Å². The van der Waals surface area contributed by atoms with Crippen LogP contribution in [0.3, 0.4) is 0 Å². The topological polar surface area (TPSA) is 77.1 Å². The number of aromatic amines is 1. The molecule has 0 saturated heterocycles. The molecule has 1 aromatic rings. The molecular formula is C24H31F3N6. The van der Waals surface area contributed by atoms with Crippen molar-refractivity contribution >= 4 is 6.21 Å². The van der Waals surface area contributed by atoms with E-state index in [1.54, 1.807) is 0 Å². The van der Waals surface area contributed by atoms with E-state index in [0.717, 1.165) is 62.9 Å². The van der Waals surface area contributed by atoms with Crippen molar-refractivity contribution in [3.63, 3.8) is 0 Å². The van der Waals surface area contributed by atoms with Crippen LogP contribution in [0.15, 0.2) is 46.0 Å². The molecular weight excluding hydrogens is 429 g/mol. The molecule has 0 spiro atoms. The Morgan fingerprint density at radius 2 is 1.97 bits per heavy atom. The van der Waals surface area contributed by atoms with Crippen LogP contribution >= 0.6 is 0 Å². The number of nitrogens with zero attached hydrogens (tertiary/aromatic N) is 2. The highest BCUT2D eigenvalue weighted by atomic mass is 19.4. The van der Waals surface area contributed by atoms with Crippen LogP contribution in [-0.4, -0.2) is 29.0 Å². The average Bonchev–Trinajstić information content (AvgIpc) is 3.56. The van der Waals surface area contributed by atoms with E-state index in [-0.39, 0.29) is 17.5 Å². The van der Waals surface area contributed by atoms with Crippen LogP contribution in [0.1, 0.15) is 69.2 Å². The number of hydrogen-bond acceptors (Lipinski definition) is 5. The van der Waals surface area contributed by atoms with Gasteiger partial charge in [-0.2, -0.15) is 23.4 Å². The van der Waals surface area contributed by atoms with Crippen molar-refractivity contribution in [2.24, 2.45) is 16.9 Å². The maximum absolute atomic E-state index is 13.7. The Hall–Kier alpha value is -2.71. The van der Waals surface area contributed by atoms with Gasteiger partial charge >= 0.3 is 6.18 Å². The lowest BCUT2D eigenvalue weighted by Gasteiger charge is -2.38. The lowest BCUT2D eigenvalue weighted by atomic mass is 9.74. The van der Waals surface area contributed by atoms with Crippen LogP contribution in [0.5, 0.6) is 0 Å². The van der Waals surface area contributed by atoms with E-state index in [1.807, 2.05) is 12.3 Å². The van der Waals surface area contributed by atoms with Gasteiger partial charge in [0.1, 0.15) is 0 Å². The van der Waals surface area contributed by atoms with Crippen molar-refractivity contribution in [1.29, 1.82) is 0 Å². The van der Waals surface area contributed by atoms with Gasteiger partial charge in [-0.15, -0.1) is 0 Å². The lowest BCUT2D eigenvalue weighted by molar-refractivity contribution is -0.141. The Balaban J connectivity index is 1.55. The molecule has 178 valence electrons. The van der Waals surface area contributed by atoms with Gasteiger partial charge in [-0.1, -0.05) is 38.7 Å². The summed E-state index contributed by atoms with van der Waals surface area (Å²) in [6, 6.07) is -0.543. The maximum atomic E-state index is 13.7. The zero-order valence-electron chi connectivity index (χ0n) is 18.8. The van der Waals surface area contributed by atoms with Crippen LogP contribution in [0.25, 0.3) is 0 Å². The second-order valence-corrected chi connectivity index (χ2v) is 9.37. The Kier molecular flexibility index (Phi) is 5.97. The molecule has 33 heavy (non-hydrogen) atoms. The Morgan fingerprint density at radius 1 is 1.15 bits per heavy atom. The molecule has 0 radical (unpaired) electrons. The zero-order chi connectivity index (χ0) is 23.0. The monoisotopic (exact) mass is 460 g/mol. The highest BCUT2D eigenvalue weighted by Crippen LogP contribution is 2.46. The molecule has 3 unspecified atom stereocenters. The summed E-state index contributed by atoms with van der Waals surface area (Å²) in [5.41, 5.74) is 6.69. The molecule has 4 aliphatic rings. The van der Waals surface area contributed by atoms with E-state index in [2.05, 4.69) is 44.4 Å². The minimum Gasteiger partial charge on any atom is -0.384 e. The summed E-state index contributed by atoms with van der Waals surface area (Å²) in [5, 5.41) is 17.3. The fourth-order valence-corrected chi connectivity index (χ4v) is 5.58. The third-order valence-corrected chi connectivity index (χ3v) is 7.19. The number of allylic oxidation sites excluding steroid dienone is 1. The third-order valence-electron chi connectivity index (χ3n) is 7.19. The third kappa shape index (κ3) is 4.17. The van der Waals surface area contributed by atoms with Gasteiger partial charge in [0, 0.05) is 30.4 Å². The fourth-order valence-electron chi connectivity index (χ4n) is 5.58. The first-order chi connectivity index (χ1) is 16.0. The first-order valence-corrected chi connectivity index (χ1v) is 12.1. The van der Waals surface area contributed by atoms with Crippen molar-refractivity contribution in [2.75, 3.05) is 6.54 Å². The fraction of sp³-hybridized carbons (Fsp3) is 0.583. The summed E-state index contributed by atoms with van der Waals surface area (Å²) in [5.74, 6) is 0.433. The summed E-state index contributed by atoms with van der Waals surface area (Å²) in [6.45, 7) is 2.99. The van der Waals surface area contributed by atoms with E-state index in [1.165, 1.54) is 17.3 Å². The van der Waals surface area contributed by atoms with Crippen LogP contribution in [0.2, 0.25) is 0 Å². The van der Waals surface area contributed by atoms with Gasteiger partial charge in [0.15, 0.2) is 5.69 Å². The number of hydrogen-bond donors (Lipinski definition) is 4. The number of unbranched alkanes of at least 4 members (excludes halogenated alkanes) is 2. The van der Waals surface area contributed by atoms with Crippen LogP contribution < -0.4 is 16.1 Å². The molecule has 2 aliphatic heterocycles.